The number of halogens is 4. The van der Waals surface area contributed by atoms with Gasteiger partial charge in [0.05, 0.1) is 16.6 Å². The van der Waals surface area contributed by atoms with Crippen LogP contribution >= 0.6 is 11.6 Å². The van der Waals surface area contributed by atoms with E-state index in [2.05, 4.69) is 15.7 Å². The molecule has 3 rings (SSSR count). The molecule has 2 heterocycles. The number of nitrogens with one attached hydrogen (secondary N) is 3. The number of rotatable bonds is 5. The Hall–Kier alpha value is -2.94. The summed E-state index contributed by atoms with van der Waals surface area (Å²) in [4.78, 5) is 25.2. The molecule has 0 aliphatic carbocycles. The second kappa shape index (κ2) is 7.82. The molecule has 0 unspecified atom stereocenters. The van der Waals surface area contributed by atoms with E-state index in [0.717, 1.165) is 10.6 Å². The number of hydrogen-bond donors (Lipinski definition) is 3. The van der Waals surface area contributed by atoms with Crippen molar-refractivity contribution in [2.45, 2.75) is 26.6 Å². The van der Waals surface area contributed by atoms with Crippen LogP contribution in [0.5, 0.6) is 0 Å². The van der Waals surface area contributed by atoms with Crippen molar-refractivity contribution in [2.75, 3.05) is 11.9 Å². The number of amides is 1. The molecule has 1 aromatic carbocycles. The lowest BCUT2D eigenvalue weighted by Crippen LogP contribution is -2.31. The van der Waals surface area contributed by atoms with Crippen LogP contribution in [0.15, 0.2) is 35.3 Å². The van der Waals surface area contributed by atoms with Gasteiger partial charge in [-0.2, -0.15) is 13.2 Å². The number of pyridine rings is 1. The van der Waals surface area contributed by atoms with Gasteiger partial charge in [-0.3, -0.25) is 14.7 Å². The minimum absolute atomic E-state index is 0.0818. The maximum Gasteiger partial charge on any atom is 0.417 e. The zero-order chi connectivity index (χ0) is 21.3. The molecule has 3 aromatic rings. The molecule has 3 N–H and O–H groups in total. The van der Waals surface area contributed by atoms with Crippen molar-refractivity contribution in [2.24, 2.45) is 0 Å². The highest BCUT2D eigenvalue weighted by molar-refractivity contribution is 6.31. The molecule has 10 heteroatoms. The summed E-state index contributed by atoms with van der Waals surface area (Å²) in [6.45, 7) is 3.59. The summed E-state index contributed by atoms with van der Waals surface area (Å²) in [6.07, 6.45) is -3.38. The molecule has 29 heavy (non-hydrogen) atoms. The fourth-order valence-electron chi connectivity index (χ4n) is 3.10. The first-order chi connectivity index (χ1) is 13.6. The lowest BCUT2D eigenvalue weighted by molar-refractivity contribution is -0.138. The number of carbonyl (C=O) groups is 1. The van der Waals surface area contributed by atoms with Gasteiger partial charge in [0.15, 0.2) is 0 Å². The van der Waals surface area contributed by atoms with Crippen LogP contribution in [0.25, 0.3) is 5.52 Å². The molecule has 154 valence electrons. The van der Waals surface area contributed by atoms with Crippen LogP contribution in [0.2, 0.25) is 5.02 Å². The first-order valence-electron chi connectivity index (χ1n) is 8.75. The Labute approximate surface area is 168 Å². The number of benzene rings is 1. The quantitative estimate of drug-likeness (QED) is 0.577. The van der Waals surface area contributed by atoms with E-state index in [-0.39, 0.29) is 11.1 Å². The van der Waals surface area contributed by atoms with Crippen molar-refractivity contribution in [1.82, 2.24) is 14.9 Å². The first kappa shape index (κ1) is 20.8. The van der Waals surface area contributed by atoms with Crippen LogP contribution in [0.4, 0.5) is 18.9 Å². The zero-order valence-electron chi connectivity index (χ0n) is 15.6. The second-order valence-corrected chi connectivity index (χ2v) is 6.84. The van der Waals surface area contributed by atoms with Gasteiger partial charge in [0.1, 0.15) is 0 Å². The number of carbonyl (C=O) groups excluding carboxylic acids is 1. The van der Waals surface area contributed by atoms with Crippen LogP contribution < -0.4 is 16.2 Å². The van der Waals surface area contributed by atoms with E-state index in [9.17, 15) is 22.8 Å². The van der Waals surface area contributed by atoms with Gasteiger partial charge in [-0.1, -0.05) is 11.6 Å². The van der Waals surface area contributed by atoms with E-state index >= 15 is 0 Å². The van der Waals surface area contributed by atoms with Gasteiger partial charge in [0.25, 0.3) is 11.5 Å². The molecular formula is C19H18ClF3N4O2. The monoisotopic (exact) mass is 426 g/mol. The maximum atomic E-state index is 13.5. The van der Waals surface area contributed by atoms with E-state index in [0.29, 0.717) is 22.8 Å². The smallest absolute Gasteiger partial charge is 0.385 e. The number of nitrogens with zero attached hydrogens (tertiary/aromatic N) is 1. The Morgan fingerprint density at radius 1 is 1.28 bits per heavy atom. The van der Waals surface area contributed by atoms with Gasteiger partial charge in [-0.25, -0.2) is 4.52 Å². The highest BCUT2D eigenvalue weighted by atomic mass is 35.5. The second-order valence-electron chi connectivity index (χ2n) is 6.40. The molecular weight excluding hydrogens is 409 g/mol. The van der Waals surface area contributed by atoms with Gasteiger partial charge in [0, 0.05) is 35.6 Å². The molecule has 0 aliphatic rings. The number of alkyl halides is 3. The van der Waals surface area contributed by atoms with Crippen LogP contribution in [0.3, 0.4) is 0 Å². The van der Waals surface area contributed by atoms with E-state index < -0.39 is 35.3 Å². The van der Waals surface area contributed by atoms with Gasteiger partial charge in [-0.05, 0) is 43.7 Å². The van der Waals surface area contributed by atoms with Gasteiger partial charge < -0.3 is 10.6 Å². The molecule has 0 saturated heterocycles. The van der Waals surface area contributed by atoms with Crippen molar-refractivity contribution in [3.05, 3.63) is 68.1 Å². The third-order valence-corrected chi connectivity index (χ3v) is 4.73. The zero-order valence-corrected chi connectivity index (χ0v) is 16.3. The molecule has 1 amide bonds. The average Bonchev–Trinajstić information content (AvgIpc) is 3.11. The van der Waals surface area contributed by atoms with Gasteiger partial charge in [0.2, 0.25) is 0 Å². The van der Waals surface area contributed by atoms with Crippen LogP contribution in [0.1, 0.15) is 34.0 Å². The molecule has 0 radical (unpaired) electrons. The molecule has 2 aromatic heterocycles. The van der Waals surface area contributed by atoms with Gasteiger partial charge in [-0.15, -0.1) is 0 Å². The Balaban J connectivity index is 1.96. The average molecular weight is 427 g/mol. The molecule has 6 nitrogen and oxygen atoms in total. The highest BCUT2D eigenvalue weighted by Crippen LogP contribution is 2.32. The molecule has 0 atom stereocenters. The maximum absolute atomic E-state index is 13.5. The minimum Gasteiger partial charge on any atom is -0.385 e. The van der Waals surface area contributed by atoms with Crippen LogP contribution in [0, 0.1) is 6.92 Å². The number of aromatic amines is 1. The van der Waals surface area contributed by atoms with Gasteiger partial charge >= 0.3 is 6.18 Å². The van der Waals surface area contributed by atoms with Crippen molar-refractivity contribution < 1.29 is 18.0 Å². The molecule has 0 saturated carbocycles. The predicted molar refractivity (Wildman–Crippen MR) is 105 cm³/mol. The van der Waals surface area contributed by atoms with E-state index in [1.54, 1.807) is 13.0 Å². The third-order valence-electron chi connectivity index (χ3n) is 4.51. The topological polar surface area (TPSA) is 78.4 Å². The Morgan fingerprint density at radius 2 is 2.00 bits per heavy atom. The van der Waals surface area contributed by atoms with Crippen LogP contribution in [-0.4, -0.2) is 22.1 Å². The molecule has 0 bridgehead atoms. The summed E-state index contributed by atoms with van der Waals surface area (Å²) < 4.78 is 41.4. The largest absolute Gasteiger partial charge is 0.417 e. The normalized spacial score (nSPS) is 11.7. The number of anilines is 1. The summed E-state index contributed by atoms with van der Waals surface area (Å²) in [5.41, 5.74) is -0.982. The van der Waals surface area contributed by atoms with Crippen molar-refractivity contribution >= 4 is 28.7 Å². The summed E-state index contributed by atoms with van der Waals surface area (Å²) in [5, 5.41) is 8.35. The highest BCUT2D eigenvalue weighted by Gasteiger charge is 2.35. The fraction of sp³-hybridized carbons (Fsp3) is 0.263. The molecule has 0 aliphatic heterocycles. The summed E-state index contributed by atoms with van der Waals surface area (Å²) in [7, 11) is 0. The van der Waals surface area contributed by atoms with E-state index in [4.69, 9.17) is 11.6 Å². The van der Waals surface area contributed by atoms with Crippen molar-refractivity contribution in [3.8, 4) is 0 Å². The Kier molecular flexibility index (Phi) is 5.61. The molecule has 0 fully saturated rings. The third kappa shape index (κ3) is 4.09. The minimum atomic E-state index is -4.74. The van der Waals surface area contributed by atoms with Crippen molar-refractivity contribution in [3.63, 3.8) is 0 Å². The van der Waals surface area contributed by atoms with Crippen molar-refractivity contribution in [1.29, 1.82) is 0 Å². The van der Waals surface area contributed by atoms with Crippen LogP contribution in [-0.2, 0) is 12.7 Å². The fourth-order valence-corrected chi connectivity index (χ4v) is 3.31. The SMILES string of the molecule is CCNc1cc(Cl)cc(C(=O)NCc2c(C(F)(F)F)cc3cc[nH]n3c2=O)c1C. The summed E-state index contributed by atoms with van der Waals surface area (Å²) >= 11 is 6.06. The van der Waals surface area contributed by atoms with E-state index in [1.165, 1.54) is 18.3 Å². The predicted octanol–water partition coefficient (Wildman–Crippen LogP) is 3.97. The Morgan fingerprint density at radius 3 is 2.66 bits per heavy atom. The standard InChI is InChI=1S/C19H18ClF3N4O2/c1-3-24-16-7-11(20)6-13(10(16)2)17(28)25-9-14-15(19(21,22)23)8-12-4-5-26-27(12)18(14)29/h4-8,24,26H,3,9H2,1-2H3,(H,25,28). The lowest BCUT2D eigenvalue weighted by atomic mass is 10.0. The molecule has 0 spiro atoms. The summed E-state index contributed by atoms with van der Waals surface area (Å²) in [5.74, 6) is -0.631. The number of aromatic nitrogens is 2. The lowest BCUT2D eigenvalue weighted by Gasteiger charge is -2.15. The number of hydrogen-bond acceptors (Lipinski definition) is 3. The Bertz CT molecular complexity index is 1130. The number of fused-ring (bicyclic) bond motifs is 1. The first-order valence-corrected chi connectivity index (χ1v) is 9.12. The van der Waals surface area contributed by atoms with E-state index in [1.807, 2.05) is 6.92 Å². The number of H-pyrrole nitrogens is 1. The summed E-state index contributed by atoms with van der Waals surface area (Å²) in [6, 6.07) is 5.31.